The van der Waals surface area contributed by atoms with Gasteiger partial charge in [-0.1, -0.05) is 49.3 Å². The minimum absolute atomic E-state index is 0.238. The van der Waals surface area contributed by atoms with Crippen molar-refractivity contribution in [2.24, 2.45) is 5.92 Å². The Bertz CT molecular complexity index is 562. The summed E-state index contributed by atoms with van der Waals surface area (Å²) in [5.74, 6) is 0.459. The van der Waals surface area contributed by atoms with E-state index in [2.05, 4.69) is 44.0 Å². The van der Waals surface area contributed by atoms with Crippen molar-refractivity contribution in [2.75, 3.05) is 11.9 Å². The molecule has 4 heteroatoms. The zero-order valence-electron chi connectivity index (χ0n) is 13.1. The summed E-state index contributed by atoms with van der Waals surface area (Å²) in [6.07, 6.45) is 2.26. The SMILES string of the molecule is CC(C)=CCN1Cc2cc(Cl)ccc2NC(=S)C1C(C)C. The minimum Gasteiger partial charge on any atom is -0.348 e. The number of anilines is 1. The van der Waals surface area contributed by atoms with Gasteiger partial charge in [-0.25, -0.2) is 0 Å². The lowest BCUT2D eigenvalue weighted by Gasteiger charge is -2.32. The number of rotatable bonds is 3. The van der Waals surface area contributed by atoms with E-state index in [0.717, 1.165) is 28.8 Å². The molecule has 1 heterocycles. The van der Waals surface area contributed by atoms with Gasteiger partial charge in [0.05, 0.1) is 11.0 Å². The average molecular weight is 323 g/mol. The molecule has 0 fully saturated rings. The summed E-state index contributed by atoms with van der Waals surface area (Å²) < 4.78 is 0. The summed E-state index contributed by atoms with van der Waals surface area (Å²) in [5.41, 5.74) is 3.61. The van der Waals surface area contributed by atoms with E-state index in [-0.39, 0.29) is 6.04 Å². The molecule has 0 radical (unpaired) electrons. The van der Waals surface area contributed by atoms with Gasteiger partial charge in [0, 0.05) is 23.8 Å². The molecule has 0 bridgehead atoms. The van der Waals surface area contributed by atoms with Crippen LogP contribution >= 0.6 is 23.8 Å². The second-order valence-corrected chi connectivity index (χ2v) is 7.07. The lowest BCUT2D eigenvalue weighted by atomic mass is 10.0. The molecular weight excluding hydrogens is 300 g/mol. The normalized spacial score (nSPS) is 19.0. The lowest BCUT2D eigenvalue weighted by Crippen LogP contribution is -2.44. The molecule has 0 aromatic heterocycles. The number of fused-ring (bicyclic) bond motifs is 1. The summed E-state index contributed by atoms with van der Waals surface area (Å²) in [6.45, 7) is 10.5. The van der Waals surface area contributed by atoms with Crippen LogP contribution in [0.4, 0.5) is 5.69 Å². The Morgan fingerprint density at radius 2 is 2.19 bits per heavy atom. The van der Waals surface area contributed by atoms with Gasteiger partial charge < -0.3 is 5.32 Å². The molecule has 2 rings (SSSR count). The zero-order valence-corrected chi connectivity index (χ0v) is 14.7. The van der Waals surface area contributed by atoms with Gasteiger partial charge in [0.25, 0.3) is 0 Å². The van der Waals surface area contributed by atoms with E-state index in [1.807, 2.05) is 18.2 Å². The molecule has 1 aliphatic heterocycles. The molecule has 0 amide bonds. The van der Waals surface area contributed by atoms with Crippen LogP contribution in [0, 0.1) is 5.92 Å². The molecule has 21 heavy (non-hydrogen) atoms. The van der Waals surface area contributed by atoms with Crippen LogP contribution in [-0.2, 0) is 6.54 Å². The molecule has 2 nitrogen and oxygen atoms in total. The minimum atomic E-state index is 0.238. The third kappa shape index (κ3) is 4.06. The number of allylic oxidation sites excluding steroid dienone is 1. The lowest BCUT2D eigenvalue weighted by molar-refractivity contribution is 0.220. The molecule has 114 valence electrons. The molecule has 1 aromatic rings. The van der Waals surface area contributed by atoms with Crippen molar-refractivity contribution in [3.63, 3.8) is 0 Å². The zero-order chi connectivity index (χ0) is 15.6. The Balaban J connectivity index is 2.38. The number of benzene rings is 1. The Hall–Kier alpha value is -0.900. The molecule has 1 aromatic carbocycles. The van der Waals surface area contributed by atoms with Crippen molar-refractivity contribution in [1.82, 2.24) is 4.90 Å². The van der Waals surface area contributed by atoms with Crippen LogP contribution in [-0.4, -0.2) is 22.5 Å². The molecule has 0 spiro atoms. The van der Waals surface area contributed by atoms with Crippen LogP contribution in [0.15, 0.2) is 29.8 Å². The second-order valence-electron chi connectivity index (χ2n) is 6.19. The first-order valence-electron chi connectivity index (χ1n) is 7.35. The van der Waals surface area contributed by atoms with Gasteiger partial charge in [0.1, 0.15) is 0 Å². The largest absolute Gasteiger partial charge is 0.348 e. The monoisotopic (exact) mass is 322 g/mol. The van der Waals surface area contributed by atoms with Crippen molar-refractivity contribution in [3.05, 3.63) is 40.4 Å². The van der Waals surface area contributed by atoms with Gasteiger partial charge in [0.15, 0.2) is 0 Å². The van der Waals surface area contributed by atoms with Crippen LogP contribution in [0.5, 0.6) is 0 Å². The Morgan fingerprint density at radius 3 is 2.81 bits per heavy atom. The highest BCUT2D eigenvalue weighted by molar-refractivity contribution is 7.80. The fourth-order valence-electron chi connectivity index (χ4n) is 2.71. The van der Waals surface area contributed by atoms with Crippen molar-refractivity contribution >= 4 is 34.5 Å². The van der Waals surface area contributed by atoms with Crippen LogP contribution in [0.3, 0.4) is 0 Å². The van der Waals surface area contributed by atoms with E-state index in [4.69, 9.17) is 23.8 Å². The summed E-state index contributed by atoms with van der Waals surface area (Å²) in [7, 11) is 0. The van der Waals surface area contributed by atoms with Crippen LogP contribution in [0.2, 0.25) is 5.02 Å². The second kappa shape index (κ2) is 6.91. The summed E-state index contributed by atoms with van der Waals surface area (Å²) in [5, 5.41) is 4.18. The molecule has 0 aliphatic carbocycles. The van der Waals surface area contributed by atoms with E-state index < -0.39 is 0 Å². The fraction of sp³-hybridized carbons (Fsp3) is 0.471. The van der Waals surface area contributed by atoms with Crippen molar-refractivity contribution < 1.29 is 0 Å². The number of halogens is 1. The summed E-state index contributed by atoms with van der Waals surface area (Å²) >= 11 is 11.8. The smallest absolute Gasteiger partial charge is 0.0974 e. The summed E-state index contributed by atoms with van der Waals surface area (Å²) in [4.78, 5) is 3.32. The fourth-order valence-corrected chi connectivity index (χ4v) is 3.43. The van der Waals surface area contributed by atoms with Crippen molar-refractivity contribution in [2.45, 2.75) is 40.3 Å². The quantitative estimate of drug-likeness (QED) is 0.630. The Morgan fingerprint density at radius 1 is 1.48 bits per heavy atom. The van der Waals surface area contributed by atoms with Gasteiger partial charge in [-0.2, -0.15) is 0 Å². The van der Waals surface area contributed by atoms with Crippen LogP contribution in [0.1, 0.15) is 33.3 Å². The van der Waals surface area contributed by atoms with E-state index >= 15 is 0 Å². The van der Waals surface area contributed by atoms with Gasteiger partial charge in [-0.15, -0.1) is 0 Å². The first kappa shape index (κ1) is 16.5. The number of thiocarbonyl (C=S) groups is 1. The number of hydrogen-bond donors (Lipinski definition) is 1. The van der Waals surface area contributed by atoms with E-state index in [0.29, 0.717) is 5.92 Å². The standard InChI is InChI=1S/C17H23ClN2S/c1-11(2)7-8-20-10-13-9-14(18)5-6-15(13)19-17(21)16(20)12(3)4/h5-7,9,12,16H,8,10H2,1-4H3,(H,19,21). The molecular formula is C17H23ClN2S. The van der Waals surface area contributed by atoms with E-state index in [9.17, 15) is 0 Å². The molecule has 1 aliphatic rings. The van der Waals surface area contributed by atoms with Gasteiger partial charge >= 0.3 is 0 Å². The molecule has 1 unspecified atom stereocenters. The van der Waals surface area contributed by atoms with Crippen LogP contribution in [0.25, 0.3) is 0 Å². The third-order valence-electron chi connectivity index (χ3n) is 3.73. The number of nitrogens with one attached hydrogen (secondary N) is 1. The van der Waals surface area contributed by atoms with E-state index in [1.165, 1.54) is 11.1 Å². The molecule has 1 atom stereocenters. The van der Waals surface area contributed by atoms with E-state index in [1.54, 1.807) is 0 Å². The molecule has 0 saturated heterocycles. The Kier molecular flexibility index (Phi) is 5.42. The molecule has 1 N–H and O–H groups in total. The summed E-state index contributed by atoms with van der Waals surface area (Å²) in [6, 6.07) is 6.20. The average Bonchev–Trinajstić information content (AvgIpc) is 2.51. The van der Waals surface area contributed by atoms with Gasteiger partial charge in [-0.05, 0) is 43.5 Å². The first-order chi connectivity index (χ1) is 9.88. The third-order valence-corrected chi connectivity index (χ3v) is 4.30. The van der Waals surface area contributed by atoms with Crippen molar-refractivity contribution in [3.8, 4) is 0 Å². The van der Waals surface area contributed by atoms with Crippen molar-refractivity contribution in [1.29, 1.82) is 0 Å². The predicted octanol–water partition coefficient (Wildman–Crippen LogP) is 4.89. The Labute approximate surface area is 138 Å². The highest BCUT2D eigenvalue weighted by Crippen LogP contribution is 2.28. The predicted molar refractivity (Wildman–Crippen MR) is 96.1 cm³/mol. The highest BCUT2D eigenvalue weighted by Gasteiger charge is 2.29. The maximum Gasteiger partial charge on any atom is 0.0974 e. The maximum absolute atomic E-state index is 6.15. The topological polar surface area (TPSA) is 15.3 Å². The first-order valence-corrected chi connectivity index (χ1v) is 8.14. The number of hydrogen-bond acceptors (Lipinski definition) is 2. The highest BCUT2D eigenvalue weighted by atomic mass is 35.5. The number of nitrogens with zero attached hydrogens (tertiary/aromatic N) is 1. The van der Waals surface area contributed by atoms with Crippen LogP contribution < -0.4 is 5.32 Å². The maximum atomic E-state index is 6.15. The molecule has 0 saturated carbocycles. The van der Waals surface area contributed by atoms with Gasteiger partial charge in [0.2, 0.25) is 0 Å². The van der Waals surface area contributed by atoms with Gasteiger partial charge in [-0.3, -0.25) is 4.90 Å².